The summed E-state index contributed by atoms with van der Waals surface area (Å²) in [4.78, 5) is 10.4. The van der Waals surface area contributed by atoms with Gasteiger partial charge in [-0.15, -0.1) is 0 Å². The number of allylic oxidation sites excluding steroid dienone is 1. The highest BCUT2D eigenvalue weighted by Gasteiger charge is 2.14. The summed E-state index contributed by atoms with van der Waals surface area (Å²) in [5.74, 6) is 1.12. The van der Waals surface area contributed by atoms with Crippen LogP contribution >= 0.6 is 45.8 Å². The molecule has 6 nitrogen and oxygen atoms in total. The molecule has 0 N–H and O–H groups in total. The SMILES string of the molecule is CCOc1cc(/C=C(/C#N)c2ccc([N+](=O)[O-])cc2)cc(I)c1OCc1ccc(Cl)c(Cl)c1. The van der Waals surface area contributed by atoms with Crippen molar-refractivity contribution in [2.24, 2.45) is 0 Å². The number of hydrogen-bond donors (Lipinski definition) is 0. The van der Waals surface area contributed by atoms with E-state index in [2.05, 4.69) is 28.7 Å². The molecule has 3 aromatic rings. The minimum Gasteiger partial charge on any atom is -0.490 e. The lowest BCUT2D eigenvalue weighted by atomic mass is 10.0. The molecule has 0 heterocycles. The minimum atomic E-state index is -0.479. The van der Waals surface area contributed by atoms with Crippen LogP contribution in [0.5, 0.6) is 11.5 Å². The van der Waals surface area contributed by atoms with Gasteiger partial charge in [-0.05, 0) is 88.7 Å². The quantitative estimate of drug-likeness (QED) is 0.0883. The van der Waals surface area contributed by atoms with Crippen LogP contribution in [-0.4, -0.2) is 11.5 Å². The Balaban J connectivity index is 1.90. The van der Waals surface area contributed by atoms with Gasteiger partial charge in [0.05, 0.1) is 36.8 Å². The van der Waals surface area contributed by atoms with Crippen molar-refractivity contribution in [3.63, 3.8) is 0 Å². The van der Waals surface area contributed by atoms with Gasteiger partial charge in [0.15, 0.2) is 11.5 Å². The van der Waals surface area contributed by atoms with Crippen LogP contribution in [-0.2, 0) is 6.61 Å². The van der Waals surface area contributed by atoms with E-state index in [-0.39, 0.29) is 12.3 Å². The molecule has 0 aliphatic rings. The normalized spacial score (nSPS) is 11.1. The highest BCUT2D eigenvalue weighted by Crippen LogP contribution is 2.36. The van der Waals surface area contributed by atoms with Gasteiger partial charge in [0.25, 0.3) is 5.69 Å². The fourth-order valence-electron chi connectivity index (χ4n) is 2.97. The maximum atomic E-state index is 10.9. The third-order valence-corrected chi connectivity index (χ3v) is 6.06. The van der Waals surface area contributed by atoms with Crippen molar-refractivity contribution >= 4 is 63.1 Å². The van der Waals surface area contributed by atoms with Crippen molar-refractivity contribution < 1.29 is 14.4 Å². The summed E-state index contributed by atoms with van der Waals surface area (Å²) in [5, 5.41) is 21.4. The number of benzene rings is 3. The molecule has 0 aliphatic carbocycles. The van der Waals surface area contributed by atoms with Crippen LogP contribution in [0.25, 0.3) is 11.6 Å². The Bertz CT molecular complexity index is 1250. The lowest BCUT2D eigenvalue weighted by molar-refractivity contribution is -0.384. The molecule has 3 aromatic carbocycles. The van der Waals surface area contributed by atoms with Crippen molar-refractivity contribution in [2.75, 3.05) is 6.61 Å². The zero-order valence-corrected chi connectivity index (χ0v) is 21.0. The minimum absolute atomic E-state index is 0.0345. The third kappa shape index (κ3) is 6.38. The Morgan fingerprint density at radius 1 is 1.12 bits per heavy atom. The first kappa shape index (κ1) is 24.8. The summed E-state index contributed by atoms with van der Waals surface area (Å²) in [6.45, 7) is 2.57. The zero-order chi connectivity index (χ0) is 24.0. The molecule has 0 saturated heterocycles. The lowest BCUT2D eigenvalue weighted by Gasteiger charge is -2.15. The fourth-order valence-corrected chi connectivity index (χ4v) is 4.07. The van der Waals surface area contributed by atoms with Gasteiger partial charge in [-0.3, -0.25) is 10.1 Å². The molecule has 0 spiro atoms. The van der Waals surface area contributed by atoms with E-state index >= 15 is 0 Å². The summed E-state index contributed by atoms with van der Waals surface area (Å²) >= 11 is 14.2. The van der Waals surface area contributed by atoms with Crippen LogP contribution in [0.15, 0.2) is 54.6 Å². The first-order valence-electron chi connectivity index (χ1n) is 9.72. The first-order chi connectivity index (χ1) is 15.8. The van der Waals surface area contributed by atoms with Crippen LogP contribution in [0.2, 0.25) is 10.0 Å². The number of nitro groups is 1. The van der Waals surface area contributed by atoms with E-state index in [0.29, 0.717) is 39.3 Å². The number of hydrogen-bond acceptors (Lipinski definition) is 5. The van der Waals surface area contributed by atoms with E-state index in [1.54, 1.807) is 36.4 Å². The number of rotatable bonds is 8. The molecule has 0 fully saturated rings. The molecule has 3 rings (SSSR count). The Labute approximate surface area is 214 Å². The average Bonchev–Trinajstić information content (AvgIpc) is 2.79. The zero-order valence-electron chi connectivity index (χ0n) is 17.3. The Kier molecular flexibility index (Phi) is 8.55. The molecule has 33 heavy (non-hydrogen) atoms. The number of non-ortho nitro benzene ring substituents is 1. The van der Waals surface area contributed by atoms with Gasteiger partial charge < -0.3 is 9.47 Å². The Morgan fingerprint density at radius 2 is 1.85 bits per heavy atom. The molecule has 0 bridgehead atoms. The maximum absolute atomic E-state index is 10.9. The topological polar surface area (TPSA) is 85.4 Å². The summed E-state index contributed by atoms with van der Waals surface area (Å²) < 4.78 is 12.6. The second kappa shape index (κ2) is 11.4. The van der Waals surface area contributed by atoms with E-state index in [1.807, 2.05) is 19.1 Å². The van der Waals surface area contributed by atoms with Gasteiger partial charge >= 0.3 is 0 Å². The molecule has 0 saturated carbocycles. The van der Waals surface area contributed by atoms with Crippen molar-refractivity contribution in [2.45, 2.75) is 13.5 Å². The summed E-state index contributed by atoms with van der Waals surface area (Å²) in [7, 11) is 0. The molecule has 0 amide bonds. The highest BCUT2D eigenvalue weighted by molar-refractivity contribution is 14.1. The molecule has 0 atom stereocenters. The van der Waals surface area contributed by atoms with Gasteiger partial charge in [-0.1, -0.05) is 29.3 Å². The number of ether oxygens (including phenoxy) is 2. The second-order valence-corrected chi connectivity index (χ2v) is 8.75. The summed E-state index contributed by atoms with van der Waals surface area (Å²) in [6.07, 6.45) is 1.70. The van der Waals surface area contributed by atoms with Gasteiger partial charge in [0.2, 0.25) is 0 Å². The first-order valence-corrected chi connectivity index (χ1v) is 11.6. The smallest absolute Gasteiger partial charge is 0.269 e. The molecule has 168 valence electrons. The highest BCUT2D eigenvalue weighted by atomic mass is 127. The molecule has 0 radical (unpaired) electrons. The average molecular weight is 595 g/mol. The van der Waals surface area contributed by atoms with Crippen LogP contribution in [0.4, 0.5) is 5.69 Å². The van der Waals surface area contributed by atoms with Crippen LogP contribution in [0.1, 0.15) is 23.6 Å². The van der Waals surface area contributed by atoms with Crippen molar-refractivity contribution in [3.05, 3.63) is 95.0 Å². The van der Waals surface area contributed by atoms with Crippen molar-refractivity contribution in [1.82, 2.24) is 0 Å². The largest absolute Gasteiger partial charge is 0.490 e. The van der Waals surface area contributed by atoms with Gasteiger partial charge in [0, 0.05) is 12.1 Å². The Hall–Kier alpha value is -2.80. The molecular weight excluding hydrogens is 578 g/mol. The van der Waals surface area contributed by atoms with Gasteiger partial charge in [0.1, 0.15) is 6.61 Å². The van der Waals surface area contributed by atoms with Crippen molar-refractivity contribution in [3.8, 4) is 17.6 Å². The second-order valence-electron chi connectivity index (χ2n) is 6.77. The molecule has 0 aliphatic heterocycles. The molecule has 0 aromatic heterocycles. The Morgan fingerprint density at radius 3 is 2.45 bits per heavy atom. The summed E-state index contributed by atoms with van der Waals surface area (Å²) in [6, 6.07) is 17.0. The van der Waals surface area contributed by atoms with Gasteiger partial charge in [-0.25, -0.2) is 0 Å². The predicted molar refractivity (Wildman–Crippen MR) is 138 cm³/mol. The van der Waals surface area contributed by atoms with Crippen LogP contribution < -0.4 is 9.47 Å². The molecule has 9 heteroatoms. The predicted octanol–water partition coefficient (Wildman–Crippen LogP) is 7.55. The van der Waals surface area contributed by atoms with Gasteiger partial charge in [-0.2, -0.15) is 5.26 Å². The third-order valence-electron chi connectivity index (χ3n) is 4.52. The van der Waals surface area contributed by atoms with E-state index in [1.165, 1.54) is 12.1 Å². The van der Waals surface area contributed by atoms with E-state index in [9.17, 15) is 15.4 Å². The summed E-state index contributed by atoms with van der Waals surface area (Å²) in [5.41, 5.74) is 2.51. The number of nitrogens with zero attached hydrogens (tertiary/aromatic N) is 2. The van der Waals surface area contributed by atoms with Crippen molar-refractivity contribution in [1.29, 1.82) is 5.26 Å². The van der Waals surface area contributed by atoms with E-state index in [4.69, 9.17) is 32.7 Å². The lowest BCUT2D eigenvalue weighted by Crippen LogP contribution is -2.02. The fraction of sp³-hybridized carbons (Fsp3) is 0.125. The number of nitro benzene ring substituents is 1. The number of nitriles is 1. The van der Waals surface area contributed by atoms with E-state index < -0.39 is 4.92 Å². The number of halogens is 3. The molecule has 0 unspecified atom stereocenters. The van der Waals surface area contributed by atoms with E-state index in [0.717, 1.165) is 14.7 Å². The van der Waals surface area contributed by atoms with Crippen LogP contribution in [0, 0.1) is 25.0 Å². The maximum Gasteiger partial charge on any atom is 0.269 e. The monoisotopic (exact) mass is 594 g/mol. The molecular formula is C24H17Cl2IN2O4. The standard InChI is InChI=1S/C24H17Cl2IN2O4/c1-2-32-23-12-16(9-18(13-28)17-4-6-19(7-5-17)29(30)31)11-22(27)24(23)33-14-15-3-8-20(25)21(26)10-15/h3-12H,2,14H2,1H3/b18-9-. The van der Waals surface area contributed by atoms with Crippen LogP contribution in [0.3, 0.4) is 0 Å².